The zero-order valence-electron chi connectivity index (χ0n) is 16.5. The summed E-state index contributed by atoms with van der Waals surface area (Å²) in [4.78, 5) is 4.66. The maximum atomic E-state index is 5.69. The van der Waals surface area contributed by atoms with Crippen molar-refractivity contribution < 1.29 is 14.2 Å². The highest BCUT2D eigenvalue weighted by molar-refractivity contribution is 14.0. The van der Waals surface area contributed by atoms with Crippen molar-refractivity contribution in [2.75, 3.05) is 40.0 Å². The zero-order chi connectivity index (χ0) is 18.5. The standard InChI is InChI=1S/C20H33N3O3.HI/c1-3-21-20(22-10-6-11-25-16-19-9-5-12-26-19)23-14-17-7-4-8-18(13-17)15-24-2;/h4,7-8,13,19H,3,5-6,9-12,14-16H2,1-2H3,(H2,21,22,23);1H. The number of nitrogens with one attached hydrogen (secondary N) is 2. The Labute approximate surface area is 180 Å². The Morgan fingerprint density at radius 1 is 1.30 bits per heavy atom. The maximum Gasteiger partial charge on any atom is 0.191 e. The van der Waals surface area contributed by atoms with Crippen molar-refractivity contribution in [1.29, 1.82) is 0 Å². The second-order valence-electron chi connectivity index (χ2n) is 6.44. The van der Waals surface area contributed by atoms with E-state index in [-0.39, 0.29) is 24.0 Å². The topological polar surface area (TPSA) is 64.1 Å². The highest BCUT2D eigenvalue weighted by Gasteiger charge is 2.14. The normalized spacial score (nSPS) is 16.8. The molecule has 0 radical (unpaired) electrons. The molecule has 1 heterocycles. The molecule has 0 amide bonds. The van der Waals surface area contributed by atoms with Crippen LogP contribution in [0.4, 0.5) is 0 Å². The fourth-order valence-corrected chi connectivity index (χ4v) is 2.87. The van der Waals surface area contributed by atoms with Gasteiger partial charge in [-0.2, -0.15) is 0 Å². The number of methoxy groups -OCH3 is 1. The van der Waals surface area contributed by atoms with Crippen LogP contribution in [0.1, 0.15) is 37.3 Å². The Balaban J connectivity index is 0.00000364. The first-order valence-corrected chi connectivity index (χ1v) is 9.60. The molecule has 6 nitrogen and oxygen atoms in total. The Morgan fingerprint density at radius 3 is 2.89 bits per heavy atom. The predicted octanol–water partition coefficient (Wildman–Crippen LogP) is 3.09. The summed E-state index contributed by atoms with van der Waals surface area (Å²) in [6, 6.07) is 8.34. The summed E-state index contributed by atoms with van der Waals surface area (Å²) in [6.45, 7) is 7.35. The number of rotatable bonds is 11. The molecule has 1 aliphatic rings. The highest BCUT2D eigenvalue weighted by Crippen LogP contribution is 2.11. The van der Waals surface area contributed by atoms with E-state index in [0.717, 1.165) is 51.5 Å². The second kappa shape index (κ2) is 15.1. The van der Waals surface area contributed by atoms with E-state index in [2.05, 4.69) is 40.7 Å². The molecule has 0 aliphatic carbocycles. The molecule has 1 aromatic carbocycles. The fraction of sp³-hybridized carbons (Fsp3) is 0.650. The van der Waals surface area contributed by atoms with Crippen molar-refractivity contribution in [3.63, 3.8) is 0 Å². The van der Waals surface area contributed by atoms with E-state index in [1.165, 1.54) is 11.1 Å². The van der Waals surface area contributed by atoms with E-state index in [1.54, 1.807) is 7.11 Å². The van der Waals surface area contributed by atoms with Crippen LogP contribution in [0.5, 0.6) is 0 Å². The first-order chi connectivity index (χ1) is 12.8. The average molecular weight is 491 g/mol. The number of hydrogen-bond acceptors (Lipinski definition) is 4. The van der Waals surface area contributed by atoms with Gasteiger partial charge in [0, 0.05) is 33.4 Å². The number of guanidine groups is 1. The highest BCUT2D eigenvalue weighted by atomic mass is 127. The molecule has 1 fully saturated rings. The number of benzene rings is 1. The van der Waals surface area contributed by atoms with Gasteiger partial charge in [-0.15, -0.1) is 24.0 Å². The van der Waals surface area contributed by atoms with Crippen molar-refractivity contribution >= 4 is 29.9 Å². The van der Waals surface area contributed by atoms with Crippen LogP contribution in [-0.4, -0.2) is 52.1 Å². The van der Waals surface area contributed by atoms with E-state index in [1.807, 2.05) is 6.07 Å². The Bertz CT molecular complexity index is 537. The number of aliphatic imine (C=N–C) groups is 1. The minimum Gasteiger partial charge on any atom is -0.380 e. The summed E-state index contributed by atoms with van der Waals surface area (Å²) in [6.07, 6.45) is 3.53. The van der Waals surface area contributed by atoms with Gasteiger partial charge in [0.25, 0.3) is 0 Å². The third-order valence-corrected chi connectivity index (χ3v) is 4.15. The van der Waals surface area contributed by atoms with Crippen LogP contribution in [0, 0.1) is 0 Å². The number of ether oxygens (including phenoxy) is 3. The lowest BCUT2D eigenvalue weighted by molar-refractivity contribution is 0.0168. The van der Waals surface area contributed by atoms with Crippen molar-refractivity contribution in [2.24, 2.45) is 4.99 Å². The molecule has 0 aromatic heterocycles. The van der Waals surface area contributed by atoms with Gasteiger partial charge in [0.2, 0.25) is 0 Å². The third-order valence-electron chi connectivity index (χ3n) is 4.15. The SMILES string of the molecule is CCNC(=NCc1cccc(COC)c1)NCCCOCC1CCCO1.I. The lowest BCUT2D eigenvalue weighted by Gasteiger charge is -2.13. The van der Waals surface area contributed by atoms with E-state index in [9.17, 15) is 0 Å². The van der Waals surface area contributed by atoms with Crippen LogP contribution in [0.2, 0.25) is 0 Å². The molecule has 1 saturated heterocycles. The van der Waals surface area contributed by atoms with Crippen LogP contribution in [-0.2, 0) is 27.4 Å². The molecule has 1 unspecified atom stereocenters. The Kier molecular flexibility index (Phi) is 13.5. The molecule has 7 heteroatoms. The van der Waals surface area contributed by atoms with Gasteiger partial charge in [0.15, 0.2) is 5.96 Å². The van der Waals surface area contributed by atoms with E-state index in [4.69, 9.17) is 14.2 Å². The van der Waals surface area contributed by atoms with E-state index >= 15 is 0 Å². The molecular formula is C20H34IN3O3. The molecule has 0 spiro atoms. The zero-order valence-corrected chi connectivity index (χ0v) is 18.9. The van der Waals surface area contributed by atoms with Crippen molar-refractivity contribution in [3.05, 3.63) is 35.4 Å². The minimum absolute atomic E-state index is 0. The third kappa shape index (κ3) is 10.3. The summed E-state index contributed by atoms with van der Waals surface area (Å²) in [5.74, 6) is 0.837. The van der Waals surface area contributed by atoms with Crippen LogP contribution in [0.3, 0.4) is 0 Å². The smallest absolute Gasteiger partial charge is 0.191 e. The number of nitrogens with zero attached hydrogens (tertiary/aromatic N) is 1. The van der Waals surface area contributed by atoms with Gasteiger partial charge in [-0.3, -0.25) is 0 Å². The molecule has 0 saturated carbocycles. The van der Waals surface area contributed by atoms with Crippen molar-refractivity contribution in [2.45, 2.75) is 45.4 Å². The first kappa shape index (κ1) is 24.1. The molecule has 27 heavy (non-hydrogen) atoms. The molecule has 1 aromatic rings. The van der Waals surface area contributed by atoms with Gasteiger partial charge in [-0.1, -0.05) is 24.3 Å². The van der Waals surface area contributed by atoms with Gasteiger partial charge in [-0.05, 0) is 37.3 Å². The lowest BCUT2D eigenvalue weighted by atomic mass is 10.1. The summed E-state index contributed by atoms with van der Waals surface area (Å²) in [5.41, 5.74) is 2.35. The van der Waals surface area contributed by atoms with Gasteiger partial charge >= 0.3 is 0 Å². The van der Waals surface area contributed by atoms with Crippen LogP contribution in [0.25, 0.3) is 0 Å². The molecule has 154 valence electrons. The van der Waals surface area contributed by atoms with Crippen molar-refractivity contribution in [1.82, 2.24) is 10.6 Å². The number of halogens is 1. The van der Waals surface area contributed by atoms with Crippen LogP contribution in [0.15, 0.2) is 29.3 Å². The largest absolute Gasteiger partial charge is 0.380 e. The first-order valence-electron chi connectivity index (χ1n) is 9.60. The average Bonchev–Trinajstić information content (AvgIpc) is 3.16. The fourth-order valence-electron chi connectivity index (χ4n) is 2.87. The lowest BCUT2D eigenvalue weighted by Crippen LogP contribution is -2.38. The molecular weight excluding hydrogens is 457 g/mol. The summed E-state index contributed by atoms with van der Waals surface area (Å²) in [7, 11) is 1.71. The summed E-state index contributed by atoms with van der Waals surface area (Å²) in [5, 5.41) is 6.64. The summed E-state index contributed by atoms with van der Waals surface area (Å²) >= 11 is 0. The quantitative estimate of drug-likeness (QED) is 0.216. The molecule has 2 N–H and O–H groups in total. The summed E-state index contributed by atoms with van der Waals surface area (Å²) < 4.78 is 16.4. The maximum absolute atomic E-state index is 5.69. The van der Waals surface area contributed by atoms with Crippen LogP contribution < -0.4 is 10.6 Å². The van der Waals surface area contributed by atoms with E-state index < -0.39 is 0 Å². The minimum atomic E-state index is 0. The van der Waals surface area contributed by atoms with Gasteiger partial charge in [-0.25, -0.2) is 4.99 Å². The second-order valence-corrected chi connectivity index (χ2v) is 6.44. The van der Waals surface area contributed by atoms with Gasteiger partial charge in [0.1, 0.15) is 0 Å². The number of hydrogen-bond donors (Lipinski definition) is 2. The van der Waals surface area contributed by atoms with E-state index in [0.29, 0.717) is 25.9 Å². The predicted molar refractivity (Wildman–Crippen MR) is 120 cm³/mol. The Hall–Kier alpha value is -0.900. The van der Waals surface area contributed by atoms with Crippen molar-refractivity contribution in [3.8, 4) is 0 Å². The molecule has 1 atom stereocenters. The molecule has 2 rings (SSSR count). The van der Waals surface area contributed by atoms with Gasteiger partial charge in [0.05, 0.1) is 25.9 Å². The molecule has 1 aliphatic heterocycles. The monoisotopic (exact) mass is 491 g/mol. The van der Waals surface area contributed by atoms with Gasteiger partial charge < -0.3 is 24.8 Å². The van der Waals surface area contributed by atoms with Crippen LogP contribution >= 0.6 is 24.0 Å². The molecule has 0 bridgehead atoms. The Morgan fingerprint density at radius 2 is 2.15 bits per heavy atom.